The summed E-state index contributed by atoms with van der Waals surface area (Å²) in [4.78, 5) is 29.8. The largest absolute Gasteiger partial charge is 0.497 e. The Hall–Kier alpha value is -3.26. The number of nitrogens with one attached hydrogen (secondary N) is 1. The normalized spacial score (nSPS) is 15.2. The number of ether oxygens (including phenoxy) is 3. The fraction of sp³-hybridized carbons (Fsp3) is 0.462. The molecule has 1 atom stereocenters. The van der Waals surface area contributed by atoms with E-state index in [2.05, 4.69) is 10.2 Å². The lowest BCUT2D eigenvalue weighted by atomic mass is 10.1. The molecule has 0 radical (unpaired) electrons. The monoisotopic (exact) mass is 469 g/mol. The molecule has 1 heterocycles. The lowest BCUT2D eigenvalue weighted by molar-refractivity contribution is -0.131. The molecule has 1 saturated heterocycles. The molecule has 1 aliphatic heterocycles. The van der Waals surface area contributed by atoms with Crippen molar-refractivity contribution in [3.8, 4) is 17.2 Å². The predicted octanol–water partition coefficient (Wildman–Crippen LogP) is 3.21. The summed E-state index contributed by atoms with van der Waals surface area (Å²) in [5.41, 5.74) is 1.69. The predicted molar refractivity (Wildman–Crippen MR) is 132 cm³/mol. The molecular formula is C26H35N3O5. The molecule has 184 valence electrons. The number of carbonyl (C=O) groups is 2. The molecule has 1 N–H and O–H groups in total. The molecule has 34 heavy (non-hydrogen) atoms. The fourth-order valence-corrected chi connectivity index (χ4v) is 4.09. The van der Waals surface area contributed by atoms with Gasteiger partial charge in [-0.25, -0.2) is 0 Å². The minimum Gasteiger partial charge on any atom is -0.497 e. The molecular weight excluding hydrogens is 434 g/mol. The zero-order chi connectivity index (χ0) is 24.5. The number of anilines is 1. The van der Waals surface area contributed by atoms with E-state index in [0.717, 1.165) is 24.3 Å². The van der Waals surface area contributed by atoms with Crippen molar-refractivity contribution in [1.82, 2.24) is 9.80 Å². The Bertz CT molecular complexity index is 963. The van der Waals surface area contributed by atoms with Gasteiger partial charge in [-0.1, -0.05) is 12.1 Å². The summed E-state index contributed by atoms with van der Waals surface area (Å²) in [7, 11) is 4.79. The molecule has 1 aliphatic rings. The molecule has 0 aliphatic carbocycles. The summed E-state index contributed by atoms with van der Waals surface area (Å²) in [5, 5.41) is 2.96. The lowest BCUT2D eigenvalue weighted by Gasteiger charge is -2.27. The molecule has 0 bridgehead atoms. The smallest absolute Gasteiger partial charge is 0.241 e. The first kappa shape index (κ1) is 25.4. The van der Waals surface area contributed by atoms with E-state index >= 15 is 0 Å². The van der Waals surface area contributed by atoms with Gasteiger partial charge in [-0.2, -0.15) is 0 Å². The van der Waals surface area contributed by atoms with Crippen LogP contribution < -0.4 is 19.5 Å². The van der Waals surface area contributed by atoms with Gasteiger partial charge in [-0.15, -0.1) is 0 Å². The van der Waals surface area contributed by atoms with E-state index in [1.165, 1.54) is 0 Å². The van der Waals surface area contributed by atoms with E-state index in [1.54, 1.807) is 39.5 Å². The molecule has 2 aromatic rings. The SMILES string of the molecule is COc1ccc(CCC(=O)N2CCCN(C(C)C(=O)Nc3cc(OC)ccc3OC)CC2)cc1. The first-order valence-corrected chi connectivity index (χ1v) is 11.6. The van der Waals surface area contributed by atoms with Gasteiger partial charge in [0.05, 0.1) is 33.1 Å². The highest BCUT2D eigenvalue weighted by molar-refractivity contribution is 5.96. The van der Waals surface area contributed by atoms with Crippen LogP contribution in [0.25, 0.3) is 0 Å². The molecule has 8 nitrogen and oxygen atoms in total. The van der Waals surface area contributed by atoms with Crippen molar-refractivity contribution in [2.75, 3.05) is 52.8 Å². The number of methoxy groups -OCH3 is 3. The molecule has 8 heteroatoms. The van der Waals surface area contributed by atoms with Gasteiger partial charge in [0.2, 0.25) is 11.8 Å². The van der Waals surface area contributed by atoms with E-state index < -0.39 is 0 Å². The number of amides is 2. The molecule has 1 fully saturated rings. The van der Waals surface area contributed by atoms with E-state index in [4.69, 9.17) is 14.2 Å². The highest BCUT2D eigenvalue weighted by atomic mass is 16.5. The third-order valence-electron chi connectivity index (χ3n) is 6.26. The first-order valence-electron chi connectivity index (χ1n) is 11.6. The van der Waals surface area contributed by atoms with E-state index in [1.807, 2.05) is 36.1 Å². The van der Waals surface area contributed by atoms with Crippen LogP contribution in [0.3, 0.4) is 0 Å². The summed E-state index contributed by atoms with van der Waals surface area (Å²) < 4.78 is 15.8. The van der Waals surface area contributed by atoms with Gasteiger partial charge >= 0.3 is 0 Å². The summed E-state index contributed by atoms with van der Waals surface area (Å²) >= 11 is 0. The van der Waals surface area contributed by atoms with E-state index in [9.17, 15) is 9.59 Å². The van der Waals surface area contributed by atoms with Crippen LogP contribution in [-0.4, -0.2) is 75.2 Å². The van der Waals surface area contributed by atoms with Gasteiger partial charge in [0, 0.05) is 38.7 Å². The molecule has 0 aromatic heterocycles. The molecule has 2 aromatic carbocycles. The van der Waals surface area contributed by atoms with Crippen LogP contribution in [-0.2, 0) is 16.0 Å². The van der Waals surface area contributed by atoms with Gasteiger partial charge < -0.3 is 24.4 Å². The third kappa shape index (κ3) is 6.63. The number of carbonyl (C=O) groups excluding carboxylic acids is 2. The average molecular weight is 470 g/mol. The number of nitrogens with zero attached hydrogens (tertiary/aromatic N) is 2. The van der Waals surface area contributed by atoms with Crippen molar-refractivity contribution in [2.45, 2.75) is 32.2 Å². The Kier molecular flexibility index (Phi) is 9.16. The maximum Gasteiger partial charge on any atom is 0.241 e. The van der Waals surface area contributed by atoms with Crippen LogP contribution in [0.2, 0.25) is 0 Å². The summed E-state index contributed by atoms with van der Waals surface area (Å²) in [6.07, 6.45) is 2.00. The van der Waals surface area contributed by atoms with Gasteiger partial charge in [0.1, 0.15) is 17.2 Å². The van der Waals surface area contributed by atoms with Crippen molar-refractivity contribution in [3.63, 3.8) is 0 Å². The molecule has 3 rings (SSSR count). The van der Waals surface area contributed by atoms with E-state index in [-0.39, 0.29) is 17.9 Å². The van der Waals surface area contributed by atoms with Crippen molar-refractivity contribution >= 4 is 17.5 Å². The molecule has 0 saturated carbocycles. The van der Waals surface area contributed by atoms with Crippen LogP contribution >= 0.6 is 0 Å². The minimum atomic E-state index is -0.342. The quantitative estimate of drug-likeness (QED) is 0.608. The topological polar surface area (TPSA) is 80.3 Å². The number of rotatable bonds is 9. The second-order valence-corrected chi connectivity index (χ2v) is 8.35. The van der Waals surface area contributed by atoms with Crippen molar-refractivity contribution in [3.05, 3.63) is 48.0 Å². The summed E-state index contributed by atoms with van der Waals surface area (Å²) in [5.74, 6) is 2.06. The number of hydrogen-bond donors (Lipinski definition) is 1. The zero-order valence-electron chi connectivity index (χ0n) is 20.5. The average Bonchev–Trinajstić information content (AvgIpc) is 3.13. The standard InChI is InChI=1S/C26H35N3O5/c1-19(26(31)27-23-18-22(33-3)11-12-24(23)34-4)28-14-5-15-29(17-16-28)25(30)13-8-20-6-9-21(32-2)10-7-20/h6-7,9-12,18-19H,5,8,13-17H2,1-4H3,(H,27,31). The van der Waals surface area contributed by atoms with Crippen LogP contribution in [0.1, 0.15) is 25.3 Å². The molecule has 2 amide bonds. The first-order chi connectivity index (χ1) is 16.4. The zero-order valence-corrected chi connectivity index (χ0v) is 20.5. The maximum absolute atomic E-state index is 13.0. The van der Waals surface area contributed by atoms with Crippen LogP contribution in [0.4, 0.5) is 5.69 Å². The van der Waals surface area contributed by atoms with Crippen LogP contribution in [0.15, 0.2) is 42.5 Å². The highest BCUT2D eigenvalue weighted by Gasteiger charge is 2.26. The molecule has 1 unspecified atom stereocenters. The van der Waals surface area contributed by atoms with Gasteiger partial charge in [-0.05, 0) is 49.6 Å². The lowest BCUT2D eigenvalue weighted by Crippen LogP contribution is -2.44. The van der Waals surface area contributed by atoms with E-state index in [0.29, 0.717) is 49.7 Å². The minimum absolute atomic E-state index is 0.120. The van der Waals surface area contributed by atoms with Crippen molar-refractivity contribution in [2.24, 2.45) is 0 Å². The maximum atomic E-state index is 13.0. The van der Waals surface area contributed by atoms with Gasteiger partial charge in [-0.3, -0.25) is 14.5 Å². The van der Waals surface area contributed by atoms with Gasteiger partial charge in [0.25, 0.3) is 0 Å². The molecule has 0 spiro atoms. The Morgan fingerprint density at radius 2 is 1.62 bits per heavy atom. The summed E-state index contributed by atoms with van der Waals surface area (Å²) in [6, 6.07) is 12.8. The second-order valence-electron chi connectivity index (χ2n) is 8.35. The Balaban J connectivity index is 1.52. The second kappa shape index (κ2) is 12.3. The highest BCUT2D eigenvalue weighted by Crippen LogP contribution is 2.29. The Morgan fingerprint density at radius 3 is 2.29 bits per heavy atom. The fourth-order valence-electron chi connectivity index (χ4n) is 4.09. The van der Waals surface area contributed by atoms with Crippen LogP contribution in [0.5, 0.6) is 17.2 Å². The van der Waals surface area contributed by atoms with Crippen molar-refractivity contribution in [1.29, 1.82) is 0 Å². The Morgan fingerprint density at radius 1 is 0.912 bits per heavy atom. The number of aryl methyl sites for hydroxylation is 1. The van der Waals surface area contributed by atoms with Crippen LogP contribution in [0, 0.1) is 0 Å². The number of benzene rings is 2. The third-order valence-corrected chi connectivity index (χ3v) is 6.26. The van der Waals surface area contributed by atoms with Crippen molar-refractivity contribution < 1.29 is 23.8 Å². The van der Waals surface area contributed by atoms with Gasteiger partial charge in [0.15, 0.2) is 0 Å². The Labute approximate surface area is 201 Å². The summed E-state index contributed by atoms with van der Waals surface area (Å²) in [6.45, 7) is 4.62. The number of hydrogen-bond acceptors (Lipinski definition) is 6.